The fourth-order valence-electron chi connectivity index (χ4n) is 5.48. The molecule has 38 heavy (non-hydrogen) atoms. The maximum atomic E-state index is 13.7. The summed E-state index contributed by atoms with van der Waals surface area (Å²) in [4.78, 5) is 17.9. The number of halogens is 2. The van der Waals surface area contributed by atoms with Crippen molar-refractivity contribution >= 4 is 46.3 Å². The number of carbonyl (C=O) groups is 1. The van der Waals surface area contributed by atoms with Crippen LogP contribution in [0.25, 0.3) is 0 Å². The van der Waals surface area contributed by atoms with Crippen LogP contribution in [-0.2, 0) is 0 Å². The van der Waals surface area contributed by atoms with Crippen molar-refractivity contribution in [2.45, 2.75) is 44.4 Å². The SMILES string of the molecule is CNc1ccc(NC(=O)c2ccc(NSCCO)cc2N2CCC3(CC2)CC3)cc1N1CCC(F)(F)CC1. The Labute approximate surface area is 227 Å². The highest BCUT2D eigenvalue weighted by Crippen LogP contribution is 2.54. The van der Waals surface area contributed by atoms with Gasteiger partial charge in [0.2, 0.25) is 0 Å². The van der Waals surface area contributed by atoms with Gasteiger partial charge >= 0.3 is 0 Å². The van der Waals surface area contributed by atoms with Crippen LogP contribution in [0.1, 0.15) is 48.9 Å². The lowest BCUT2D eigenvalue weighted by Gasteiger charge is -2.35. The number of hydrogen-bond donors (Lipinski definition) is 4. The average Bonchev–Trinajstić information content (AvgIpc) is 3.67. The van der Waals surface area contributed by atoms with Gasteiger partial charge in [-0.25, -0.2) is 8.78 Å². The molecule has 3 aliphatic rings. The lowest BCUT2D eigenvalue weighted by molar-refractivity contribution is -0.0220. The third kappa shape index (κ3) is 6.12. The van der Waals surface area contributed by atoms with E-state index in [4.69, 9.17) is 5.11 Å². The Kier molecular flexibility index (Phi) is 7.90. The Balaban J connectivity index is 1.36. The number of carbonyl (C=O) groups excluding carboxylic acids is 1. The number of rotatable bonds is 9. The molecule has 1 amide bonds. The normalized spacial score (nSPS) is 19.8. The van der Waals surface area contributed by atoms with Crippen molar-refractivity contribution in [3.63, 3.8) is 0 Å². The van der Waals surface area contributed by atoms with Crippen molar-refractivity contribution in [1.82, 2.24) is 0 Å². The third-order valence-corrected chi connectivity index (χ3v) is 8.87. The van der Waals surface area contributed by atoms with E-state index in [9.17, 15) is 13.6 Å². The first-order valence-corrected chi connectivity index (χ1v) is 14.4. The van der Waals surface area contributed by atoms with Gasteiger partial charge in [0.25, 0.3) is 11.8 Å². The highest BCUT2D eigenvalue weighted by molar-refractivity contribution is 8.00. The zero-order valence-electron chi connectivity index (χ0n) is 21.9. The summed E-state index contributed by atoms with van der Waals surface area (Å²) in [6.45, 7) is 2.47. The monoisotopic (exact) mass is 545 g/mol. The minimum Gasteiger partial charge on any atom is -0.395 e. The smallest absolute Gasteiger partial charge is 0.257 e. The molecule has 7 nitrogen and oxygen atoms in total. The molecule has 2 heterocycles. The van der Waals surface area contributed by atoms with Gasteiger partial charge in [0.15, 0.2) is 0 Å². The second-order valence-electron chi connectivity index (χ2n) is 10.7. The number of alkyl halides is 2. The fraction of sp³-hybridized carbons (Fsp3) is 0.536. The van der Waals surface area contributed by atoms with E-state index in [0.29, 0.717) is 22.4 Å². The Morgan fingerprint density at radius 3 is 2.21 bits per heavy atom. The first-order chi connectivity index (χ1) is 18.3. The van der Waals surface area contributed by atoms with E-state index in [1.807, 2.05) is 41.3 Å². The van der Waals surface area contributed by atoms with Crippen LogP contribution in [0.4, 0.5) is 37.2 Å². The number of nitrogens with one attached hydrogen (secondary N) is 3. The molecular formula is C28H37F2N5O2S. The molecule has 4 N–H and O–H groups in total. The Bertz CT molecular complexity index is 1140. The van der Waals surface area contributed by atoms with Gasteiger partial charge in [-0.1, -0.05) is 11.9 Å². The molecule has 0 radical (unpaired) electrons. The van der Waals surface area contributed by atoms with Crippen molar-refractivity contribution in [2.75, 3.05) is 70.7 Å². The van der Waals surface area contributed by atoms with Gasteiger partial charge < -0.3 is 30.3 Å². The average molecular weight is 546 g/mol. The van der Waals surface area contributed by atoms with Crippen LogP contribution < -0.4 is 25.2 Å². The molecular weight excluding hydrogens is 508 g/mol. The second-order valence-corrected chi connectivity index (χ2v) is 11.6. The van der Waals surface area contributed by atoms with E-state index in [1.54, 1.807) is 7.05 Å². The highest BCUT2D eigenvalue weighted by atomic mass is 32.2. The quantitative estimate of drug-likeness (QED) is 0.240. The molecule has 3 fully saturated rings. The van der Waals surface area contributed by atoms with Crippen LogP contribution in [-0.4, -0.2) is 62.5 Å². The van der Waals surface area contributed by atoms with Crippen molar-refractivity contribution in [3.05, 3.63) is 42.0 Å². The largest absolute Gasteiger partial charge is 0.395 e. The van der Waals surface area contributed by atoms with Crippen LogP contribution in [0.2, 0.25) is 0 Å². The van der Waals surface area contributed by atoms with Gasteiger partial charge in [0.1, 0.15) is 0 Å². The summed E-state index contributed by atoms with van der Waals surface area (Å²) >= 11 is 1.43. The van der Waals surface area contributed by atoms with Crippen molar-refractivity contribution < 1.29 is 18.7 Å². The van der Waals surface area contributed by atoms with Crippen LogP contribution in [0, 0.1) is 5.41 Å². The summed E-state index contributed by atoms with van der Waals surface area (Å²) in [6, 6.07) is 11.3. The predicted molar refractivity (Wildman–Crippen MR) is 153 cm³/mol. The summed E-state index contributed by atoms with van der Waals surface area (Å²) < 4.78 is 30.8. The molecule has 0 bridgehead atoms. The van der Waals surface area contributed by atoms with Gasteiger partial charge in [-0.05, 0) is 67.5 Å². The standard InChI is InChI=1S/C28H37F2N5O2S/c1-31-23-5-3-20(18-25(23)35-14-10-28(29,30)11-15-35)32-26(37)22-4-2-21(33-38-17-16-36)19-24(22)34-12-8-27(6-7-27)9-13-34/h2-5,18-19,31,33,36H,6-17H2,1H3,(H,32,37). The highest BCUT2D eigenvalue weighted by Gasteiger charge is 2.44. The summed E-state index contributed by atoms with van der Waals surface area (Å²) in [5, 5.41) is 15.3. The van der Waals surface area contributed by atoms with Crippen molar-refractivity contribution in [1.29, 1.82) is 0 Å². The molecule has 10 heteroatoms. The maximum absolute atomic E-state index is 13.7. The molecule has 2 aliphatic heterocycles. The first-order valence-electron chi connectivity index (χ1n) is 13.5. The molecule has 2 saturated heterocycles. The first kappa shape index (κ1) is 26.9. The second kappa shape index (κ2) is 11.2. The zero-order chi connectivity index (χ0) is 26.8. The minimum absolute atomic E-state index is 0.0907. The number of piperidine rings is 2. The fourth-order valence-corrected chi connectivity index (χ4v) is 5.97. The molecule has 0 atom stereocenters. The van der Waals surface area contributed by atoms with Gasteiger partial charge in [-0.15, -0.1) is 0 Å². The number of aliphatic hydroxyl groups excluding tert-OH is 1. The molecule has 0 aromatic heterocycles. The van der Waals surface area contributed by atoms with E-state index in [1.165, 1.54) is 24.8 Å². The van der Waals surface area contributed by atoms with Crippen molar-refractivity contribution in [2.24, 2.45) is 5.41 Å². The number of benzene rings is 2. The minimum atomic E-state index is -2.62. The molecule has 0 unspecified atom stereocenters. The Hall–Kier alpha value is -2.72. The summed E-state index contributed by atoms with van der Waals surface area (Å²) in [5.41, 5.74) is 5.20. The Morgan fingerprint density at radius 1 is 0.921 bits per heavy atom. The number of anilines is 5. The number of hydrogen-bond acceptors (Lipinski definition) is 7. The topological polar surface area (TPSA) is 79.9 Å². The maximum Gasteiger partial charge on any atom is 0.257 e. The van der Waals surface area contributed by atoms with E-state index in [2.05, 4.69) is 20.3 Å². The summed E-state index contributed by atoms with van der Waals surface area (Å²) in [7, 11) is 1.81. The van der Waals surface area contributed by atoms with Crippen LogP contribution in [0.3, 0.4) is 0 Å². The predicted octanol–water partition coefficient (Wildman–Crippen LogP) is 5.65. The molecule has 206 valence electrons. The number of nitrogens with zero attached hydrogens (tertiary/aromatic N) is 2. The van der Waals surface area contributed by atoms with Crippen molar-refractivity contribution in [3.8, 4) is 0 Å². The number of aliphatic hydroxyl groups is 1. The van der Waals surface area contributed by atoms with E-state index >= 15 is 0 Å². The molecule has 5 rings (SSSR count). The van der Waals surface area contributed by atoms with Gasteiger partial charge in [0.05, 0.1) is 29.2 Å². The van der Waals surface area contributed by atoms with E-state index in [0.717, 1.165) is 48.7 Å². The lowest BCUT2D eigenvalue weighted by Crippen LogP contribution is -2.39. The van der Waals surface area contributed by atoms with E-state index < -0.39 is 5.92 Å². The van der Waals surface area contributed by atoms with Crippen LogP contribution >= 0.6 is 11.9 Å². The van der Waals surface area contributed by atoms with Gasteiger partial charge in [-0.3, -0.25) is 4.79 Å². The van der Waals surface area contributed by atoms with Gasteiger partial charge in [-0.2, -0.15) is 0 Å². The van der Waals surface area contributed by atoms with Crippen LogP contribution in [0.5, 0.6) is 0 Å². The summed E-state index contributed by atoms with van der Waals surface area (Å²) in [5.74, 6) is -2.25. The van der Waals surface area contributed by atoms with Gasteiger partial charge in [0, 0.05) is 63.2 Å². The zero-order valence-corrected chi connectivity index (χ0v) is 22.7. The third-order valence-electron chi connectivity index (χ3n) is 8.11. The molecule has 2 aromatic carbocycles. The Morgan fingerprint density at radius 2 is 1.55 bits per heavy atom. The van der Waals surface area contributed by atoms with E-state index in [-0.39, 0.29) is 38.4 Å². The van der Waals surface area contributed by atoms with Crippen LogP contribution in [0.15, 0.2) is 36.4 Å². The summed E-state index contributed by atoms with van der Waals surface area (Å²) in [6.07, 6.45) is 4.57. The molecule has 1 saturated carbocycles. The lowest BCUT2D eigenvalue weighted by atomic mass is 9.93. The molecule has 1 spiro atoms. The number of amides is 1. The molecule has 1 aliphatic carbocycles. The molecule has 2 aromatic rings.